The third-order valence-corrected chi connectivity index (χ3v) is 6.87. The minimum atomic E-state index is -1.90. The van der Waals surface area contributed by atoms with Crippen LogP contribution in [0.25, 0.3) is 0 Å². The molecule has 1 aliphatic heterocycles. The van der Waals surface area contributed by atoms with E-state index in [9.17, 15) is 17.6 Å². The van der Waals surface area contributed by atoms with Crippen LogP contribution in [0.3, 0.4) is 0 Å². The van der Waals surface area contributed by atoms with E-state index in [1.807, 2.05) is 0 Å². The highest BCUT2D eigenvalue weighted by Crippen LogP contribution is 2.39. The van der Waals surface area contributed by atoms with Gasteiger partial charge in [-0.3, -0.25) is 0 Å². The molecule has 0 bridgehead atoms. The molecule has 1 aromatic rings. The Bertz CT molecular complexity index is 686. The quantitative estimate of drug-likeness (QED) is 0.409. The zero-order valence-corrected chi connectivity index (χ0v) is 18.4. The molecule has 3 nitrogen and oxygen atoms in total. The Labute approximate surface area is 182 Å². The van der Waals surface area contributed by atoms with Crippen molar-refractivity contribution in [1.29, 1.82) is 0 Å². The van der Waals surface area contributed by atoms with E-state index >= 15 is 0 Å². The Kier molecular flexibility index (Phi) is 8.87. The molecule has 1 aromatic carbocycles. The molecule has 176 valence electrons. The zero-order chi connectivity index (χ0) is 22.4. The summed E-state index contributed by atoms with van der Waals surface area (Å²) in [6.07, 6.45) is 4.17. The summed E-state index contributed by atoms with van der Waals surface area (Å²) in [7, 11) is 1.21. The smallest absolute Gasteiger partial charge is 0.204 e. The number of ether oxygens (including phenoxy) is 3. The molecule has 7 heteroatoms. The van der Waals surface area contributed by atoms with Gasteiger partial charge in [0.1, 0.15) is 12.8 Å². The largest absolute Gasteiger partial charge is 0.494 e. The lowest BCUT2D eigenvalue weighted by molar-refractivity contribution is -0.0640. The summed E-state index contributed by atoms with van der Waals surface area (Å²) in [6.45, 7) is 2.35. The van der Waals surface area contributed by atoms with Gasteiger partial charge in [-0.1, -0.05) is 13.3 Å². The SMILES string of the molecule is CCCC1CCC(C2CCC(C(F)C(F)COc3ccc(OC)c(F)c3F)CC2)OC1. The Morgan fingerprint density at radius 1 is 1.00 bits per heavy atom. The van der Waals surface area contributed by atoms with Crippen molar-refractivity contribution in [1.82, 2.24) is 0 Å². The fourth-order valence-electron chi connectivity index (χ4n) is 5.01. The highest BCUT2D eigenvalue weighted by Gasteiger charge is 2.37. The van der Waals surface area contributed by atoms with E-state index < -0.39 is 36.3 Å². The average molecular weight is 447 g/mol. The number of benzene rings is 1. The normalized spacial score (nSPS) is 28.7. The maximum Gasteiger partial charge on any atom is 0.204 e. The van der Waals surface area contributed by atoms with Crippen LogP contribution in [-0.2, 0) is 4.74 Å². The Hall–Kier alpha value is -1.50. The van der Waals surface area contributed by atoms with E-state index in [0.717, 1.165) is 31.9 Å². The highest BCUT2D eigenvalue weighted by atomic mass is 19.2. The first-order valence-corrected chi connectivity index (χ1v) is 11.5. The summed E-state index contributed by atoms with van der Waals surface area (Å²) in [6, 6.07) is 2.34. The minimum absolute atomic E-state index is 0.240. The second-order valence-corrected chi connectivity index (χ2v) is 8.94. The molecule has 0 radical (unpaired) electrons. The average Bonchev–Trinajstić information content (AvgIpc) is 2.80. The van der Waals surface area contributed by atoms with Crippen molar-refractivity contribution in [2.75, 3.05) is 20.3 Å². The number of hydrogen-bond acceptors (Lipinski definition) is 3. The zero-order valence-electron chi connectivity index (χ0n) is 18.4. The topological polar surface area (TPSA) is 27.7 Å². The summed E-state index contributed by atoms with van der Waals surface area (Å²) in [4.78, 5) is 0. The lowest BCUT2D eigenvalue weighted by atomic mass is 9.75. The van der Waals surface area contributed by atoms with Crippen LogP contribution in [-0.4, -0.2) is 38.8 Å². The van der Waals surface area contributed by atoms with Crippen molar-refractivity contribution in [2.24, 2.45) is 17.8 Å². The molecule has 0 spiro atoms. The summed E-state index contributed by atoms with van der Waals surface area (Å²) >= 11 is 0. The van der Waals surface area contributed by atoms with Gasteiger partial charge in [0, 0.05) is 6.61 Å². The third-order valence-electron chi connectivity index (χ3n) is 6.87. The number of methoxy groups -OCH3 is 1. The lowest BCUT2D eigenvalue weighted by Gasteiger charge is -2.38. The molecule has 2 aliphatic rings. The van der Waals surface area contributed by atoms with Crippen molar-refractivity contribution < 1.29 is 31.8 Å². The molecule has 1 heterocycles. The molecule has 4 unspecified atom stereocenters. The van der Waals surface area contributed by atoms with E-state index in [1.165, 1.54) is 32.4 Å². The lowest BCUT2D eigenvalue weighted by Crippen LogP contribution is -2.38. The van der Waals surface area contributed by atoms with Gasteiger partial charge in [0.15, 0.2) is 17.7 Å². The van der Waals surface area contributed by atoms with Crippen LogP contribution >= 0.6 is 0 Å². The van der Waals surface area contributed by atoms with Crippen molar-refractivity contribution in [2.45, 2.75) is 76.7 Å². The van der Waals surface area contributed by atoms with Gasteiger partial charge in [0.2, 0.25) is 11.6 Å². The van der Waals surface area contributed by atoms with Crippen LogP contribution in [0.5, 0.6) is 11.5 Å². The van der Waals surface area contributed by atoms with E-state index in [4.69, 9.17) is 9.47 Å². The van der Waals surface area contributed by atoms with Crippen LogP contribution in [0.4, 0.5) is 17.6 Å². The third kappa shape index (κ3) is 6.05. The van der Waals surface area contributed by atoms with E-state index in [1.54, 1.807) is 0 Å². The molecule has 1 aliphatic carbocycles. The van der Waals surface area contributed by atoms with Gasteiger partial charge < -0.3 is 14.2 Å². The van der Waals surface area contributed by atoms with E-state index in [0.29, 0.717) is 24.7 Å². The van der Waals surface area contributed by atoms with Crippen molar-refractivity contribution in [3.05, 3.63) is 23.8 Å². The van der Waals surface area contributed by atoms with Crippen LogP contribution in [0, 0.1) is 29.4 Å². The summed E-state index contributed by atoms with van der Waals surface area (Å²) in [5, 5.41) is 0. The summed E-state index contributed by atoms with van der Waals surface area (Å²) < 4.78 is 72.6. The predicted octanol–water partition coefficient (Wildman–Crippen LogP) is 6.43. The van der Waals surface area contributed by atoms with Gasteiger partial charge >= 0.3 is 0 Å². The number of hydrogen-bond donors (Lipinski definition) is 0. The van der Waals surface area contributed by atoms with Crippen molar-refractivity contribution >= 4 is 0 Å². The van der Waals surface area contributed by atoms with Gasteiger partial charge in [-0.25, -0.2) is 8.78 Å². The Morgan fingerprint density at radius 2 is 1.68 bits per heavy atom. The summed E-state index contributed by atoms with van der Waals surface area (Å²) in [5.41, 5.74) is 0. The maximum atomic E-state index is 14.7. The first kappa shape index (κ1) is 24.1. The monoisotopic (exact) mass is 446 g/mol. The fraction of sp³-hybridized carbons (Fsp3) is 0.750. The van der Waals surface area contributed by atoms with Crippen molar-refractivity contribution in [3.8, 4) is 11.5 Å². The second kappa shape index (κ2) is 11.4. The van der Waals surface area contributed by atoms with Gasteiger partial charge in [-0.15, -0.1) is 0 Å². The Morgan fingerprint density at radius 3 is 2.29 bits per heavy atom. The molecule has 3 rings (SSSR count). The first-order chi connectivity index (χ1) is 14.9. The fourth-order valence-corrected chi connectivity index (χ4v) is 5.01. The van der Waals surface area contributed by atoms with Gasteiger partial charge in [-0.2, -0.15) is 8.78 Å². The van der Waals surface area contributed by atoms with Crippen molar-refractivity contribution in [3.63, 3.8) is 0 Å². The molecule has 2 fully saturated rings. The Balaban J connectivity index is 1.43. The predicted molar refractivity (Wildman–Crippen MR) is 111 cm³/mol. The highest BCUT2D eigenvalue weighted by molar-refractivity contribution is 5.34. The van der Waals surface area contributed by atoms with Crippen LogP contribution in [0.2, 0.25) is 0 Å². The molecule has 31 heavy (non-hydrogen) atoms. The molecular formula is C24H34F4O3. The molecule has 1 saturated carbocycles. The van der Waals surface area contributed by atoms with E-state index in [-0.39, 0.29) is 17.8 Å². The first-order valence-electron chi connectivity index (χ1n) is 11.5. The van der Waals surface area contributed by atoms with Gasteiger partial charge in [0.05, 0.1) is 13.2 Å². The number of halogens is 4. The molecule has 4 atom stereocenters. The van der Waals surface area contributed by atoms with Crippen LogP contribution in [0.1, 0.15) is 58.3 Å². The number of rotatable bonds is 9. The second-order valence-electron chi connectivity index (χ2n) is 8.94. The molecule has 0 N–H and O–H groups in total. The van der Waals surface area contributed by atoms with Crippen LogP contribution < -0.4 is 9.47 Å². The standard InChI is InChI=1S/C24H34F4O3/c1-3-4-15-5-10-19(30-13-15)16-6-8-17(9-7-16)22(26)18(25)14-31-21-12-11-20(29-2)23(27)24(21)28/h11-12,15-19,22H,3-10,13-14H2,1-2H3. The summed E-state index contributed by atoms with van der Waals surface area (Å²) in [5.74, 6) is -2.52. The van der Waals surface area contributed by atoms with Gasteiger partial charge in [-0.05, 0) is 74.8 Å². The van der Waals surface area contributed by atoms with E-state index in [2.05, 4.69) is 11.7 Å². The molecule has 0 aromatic heterocycles. The van der Waals surface area contributed by atoms with Gasteiger partial charge in [0.25, 0.3) is 0 Å². The molecule has 0 amide bonds. The molecular weight excluding hydrogens is 412 g/mol. The number of alkyl halides is 2. The van der Waals surface area contributed by atoms with Crippen LogP contribution in [0.15, 0.2) is 12.1 Å². The maximum absolute atomic E-state index is 14.7. The molecule has 1 saturated heterocycles. The minimum Gasteiger partial charge on any atom is -0.494 e.